The first kappa shape index (κ1) is 7.54. The van der Waals surface area contributed by atoms with Crippen molar-refractivity contribution in [3.63, 3.8) is 0 Å². The quantitative estimate of drug-likeness (QED) is 0.587. The highest BCUT2D eigenvalue weighted by Crippen LogP contribution is 1.94. The molecule has 0 heterocycles. The fourth-order valence-electron chi connectivity index (χ4n) is 0.640. The Kier molecular flexibility index (Phi) is 4.42. The molecular formula is C7H15N. The van der Waals surface area contributed by atoms with Crippen LogP contribution in [0.4, 0.5) is 0 Å². The summed E-state index contributed by atoms with van der Waals surface area (Å²) >= 11 is 0. The van der Waals surface area contributed by atoms with Gasteiger partial charge in [0.2, 0.25) is 0 Å². The van der Waals surface area contributed by atoms with Gasteiger partial charge >= 0.3 is 0 Å². The number of rotatable bonds is 4. The number of hydrogen-bond acceptors (Lipinski definition) is 1. The minimum absolute atomic E-state index is 0.999. The molecule has 0 aliphatic heterocycles. The Balaban J connectivity index is 3.06. The fourth-order valence-corrected chi connectivity index (χ4v) is 0.640. The van der Waals surface area contributed by atoms with Crippen molar-refractivity contribution in [2.24, 2.45) is 0 Å². The van der Waals surface area contributed by atoms with Crippen LogP contribution in [-0.4, -0.2) is 6.54 Å². The first-order chi connectivity index (χ1) is 3.81. The molecule has 0 spiro atoms. The summed E-state index contributed by atoms with van der Waals surface area (Å²) in [7, 11) is 0. The van der Waals surface area contributed by atoms with Crippen molar-refractivity contribution in [3.05, 3.63) is 12.3 Å². The van der Waals surface area contributed by atoms with Gasteiger partial charge in [-0.2, -0.15) is 0 Å². The fraction of sp³-hybridized carbons (Fsp3) is 0.714. The number of hydrogen-bond donors (Lipinski definition) is 1. The zero-order chi connectivity index (χ0) is 6.41. The molecule has 0 amide bonds. The van der Waals surface area contributed by atoms with Gasteiger partial charge in [-0.05, 0) is 13.3 Å². The maximum Gasteiger partial charge on any atom is 0.0115 e. The van der Waals surface area contributed by atoms with Crippen molar-refractivity contribution >= 4 is 0 Å². The Hall–Kier alpha value is -0.460. The summed E-state index contributed by atoms with van der Waals surface area (Å²) in [6.07, 6.45) is 2.29. The second-order valence-electron chi connectivity index (χ2n) is 1.88. The third-order valence-corrected chi connectivity index (χ3v) is 0.979. The van der Waals surface area contributed by atoms with Crippen molar-refractivity contribution in [1.82, 2.24) is 5.32 Å². The second-order valence-corrected chi connectivity index (χ2v) is 1.88. The third kappa shape index (κ3) is 3.72. The first-order valence-electron chi connectivity index (χ1n) is 3.22. The van der Waals surface area contributed by atoms with Crippen LogP contribution in [0, 0.1) is 0 Å². The van der Waals surface area contributed by atoms with Crippen LogP contribution in [0.5, 0.6) is 0 Å². The van der Waals surface area contributed by atoms with E-state index in [0.717, 1.165) is 18.7 Å². The molecule has 0 bridgehead atoms. The average Bonchev–Trinajstić information content (AvgIpc) is 1.68. The topological polar surface area (TPSA) is 12.0 Å². The lowest BCUT2D eigenvalue weighted by Crippen LogP contribution is -2.10. The standard InChI is InChI=1S/C7H15N/c1-4-6-7(3)8-5-2/h8H,3-6H2,1-2H3. The highest BCUT2D eigenvalue weighted by molar-refractivity contribution is 4.89. The van der Waals surface area contributed by atoms with Crippen LogP contribution >= 0.6 is 0 Å². The van der Waals surface area contributed by atoms with Gasteiger partial charge in [0.1, 0.15) is 0 Å². The SMILES string of the molecule is C=C(CCC)NCC. The number of nitrogens with one attached hydrogen (secondary N) is 1. The van der Waals surface area contributed by atoms with Crippen molar-refractivity contribution < 1.29 is 0 Å². The van der Waals surface area contributed by atoms with E-state index in [0.29, 0.717) is 0 Å². The van der Waals surface area contributed by atoms with E-state index in [1.165, 1.54) is 6.42 Å². The normalized spacial score (nSPS) is 8.75. The van der Waals surface area contributed by atoms with Crippen LogP contribution in [0.15, 0.2) is 12.3 Å². The molecule has 0 atom stereocenters. The zero-order valence-corrected chi connectivity index (χ0v) is 5.83. The molecule has 0 rings (SSSR count). The molecular weight excluding hydrogens is 98.1 g/mol. The van der Waals surface area contributed by atoms with E-state index in [9.17, 15) is 0 Å². The van der Waals surface area contributed by atoms with E-state index in [2.05, 4.69) is 25.7 Å². The van der Waals surface area contributed by atoms with Crippen molar-refractivity contribution in [2.45, 2.75) is 26.7 Å². The van der Waals surface area contributed by atoms with E-state index >= 15 is 0 Å². The van der Waals surface area contributed by atoms with Crippen LogP contribution in [-0.2, 0) is 0 Å². The highest BCUT2D eigenvalue weighted by atomic mass is 14.9. The number of allylic oxidation sites excluding steroid dienone is 1. The lowest BCUT2D eigenvalue weighted by atomic mass is 10.3. The maximum atomic E-state index is 3.82. The van der Waals surface area contributed by atoms with E-state index in [-0.39, 0.29) is 0 Å². The molecule has 1 nitrogen and oxygen atoms in total. The Morgan fingerprint density at radius 3 is 2.50 bits per heavy atom. The molecule has 0 aromatic rings. The molecule has 0 saturated carbocycles. The van der Waals surface area contributed by atoms with Crippen molar-refractivity contribution in [3.8, 4) is 0 Å². The minimum atomic E-state index is 0.999. The zero-order valence-electron chi connectivity index (χ0n) is 5.83. The molecule has 0 radical (unpaired) electrons. The monoisotopic (exact) mass is 113 g/mol. The van der Waals surface area contributed by atoms with Gasteiger partial charge in [-0.25, -0.2) is 0 Å². The Labute approximate surface area is 51.8 Å². The smallest absolute Gasteiger partial charge is 0.0115 e. The molecule has 1 N–H and O–H groups in total. The summed E-state index contributed by atoms with van der Waals surface area (Å²) in [5.74, 6) is 0. The lowest BCUT2D eigenvalue weighted by molar-refractivity contribution is 0.766. The van der Waals surface area contributed by atoms with Crippen LogP contribution in [0.3, 0.4) is 0 Å². The average molecular weight is 113 g/mol. The molecule has 48 valence electrons. The summed E-state index contributed by atoms with van der Waals surface area (Å²) in [6, 6.07) is 0. The van der Waals surface area contributed by atoms with Crippen LogP contribution in [0.25, 0.3) is 0 Å². The van der Waals surface area contributed by atoms with Crippen molar-refractivity contribution in [1.29, 1.82) is 0 Å². The molecule has 0 fully saturated rings. The van der Waals surface area contributed by atoms with Crippen LogP contribution in [0.2, 0.25) is 0 Å². The van der Waals surface area contributed by atoms with E-state index in [1.807, 2.05) is 0 Å². The van der Waals surface area contributed by atoms with Gasteiger partial charge in [0.15, 0.2) is 0 Å². The van der Waals surface area contributed by atoms with E-state index < -0.39 is 0 Å². The van der Waals surface area contributed by atoms with Crippen LogP contribution in [0.1, 0.15) is 26.7 Å². The van der Waals surface area contributed by atoms with Gasteiger partial charge in [-0.15, -0.1) is 0 Å². The van der Waals surface area contributed by atoms with Gasteiger partial charge in [0, 0.05) is 12.2 Å². The minimum Gasteiger partial charge on any atom is -0.389 e. The lowest BCUT2D eigenvalue weighted by Gasteiger charge is -2.02. The molecule has 0 aromatic heterocycles. The predicted octanol–water partition coefficient (Wildman–Crippen LogP) is 1.91. The third-order valence-electron chi connectivity index (χ3n) is 0.979. The molecule has 0 saturated heterocycles. The molecule has 0 unspecified atom stereocenters. The summed E-state index contributed by atoms with van der Waals surface area (Å²) < 4.78 is 0. The molecule has 0 aliphatic rings. The van der Waals surface area contributed by atoms with Gasteiger partial charge < -0.3 is 5.32 Å². The molecule has 0 aromatic carbocycles. The summed E-state index contributed by atoms with van der Waals surface area (Å²) in [5.41, 5.74) is 1.16. The van der Waals surface area contributed by atoms with E-state index in [4.69, 9.17) is 0 Å². The largest absolute Gasteiger partial charge is 0.389 e. The van der Waals surface area contributed by atoms with Gasteiger partial charge in [0.25, 0.3) is 0 Å². The Morgan fingerprint density at radius 1 is 1.50 bits per heavy atom. The summed E-state index contributed by atoms with van der Waals surface area (Å²) in [5, 5.41) is 3.15. The van der Waals surface area contributed by atoms with Crippen molar-refractivity contribution in [2.75, 3.05) is 6.54 Å². The van der Waals surface area contributed by atoms with Crippen LogP contribution < -0.4 is 5.32 Å². The van der Waals surface area contributed by atoms with E-state index in [1.54, 1.807) is 0 Å². The van der Waals surface area contributed by atoms with Gasteiger partial charge in [-0.1, -0.05) is 19.9 Å². The summed E-state index contributed by atoms with van der Waals surface area (Å²) in [6.45, 7) is 9.06. The van der Waals surface area contributed by atoms with Gasteiger partial charge in [0.05, 0.1) is 0 Å². The maximum absolute atomic E-state index is 3.82. The Bertz CT molecular complexity index is 58.8. The first-order valence-corrected chi connectivity index (χ1v) is 3.22. The highest BCUT2D eigenvalue weighted by Gasteiger charge is 1.84. The molecule has 0 aliphatic carbocycles. The second kappa shape index (κ2) is 4.69. The molecule has 8 heavy (non-hydrogen) atoms. The Morgan fingerprint density at radius 2 is 2.12 bits per heavy atom. The molecule has 1 heteroatoms. The van der Waals surface area contributed by atoms with Gasteiger partial charge in [-0.3, -0.25) is 0 Å². The summed E-state index contributed by atoms with van der Waals surface area (Å²) in [4.78, 5) is 0. The predicted molar refractivity (Wildman–Crippen MR) is 37.7 cm³/mol.